The highest BCUT2D eigenvalue weighted by Crippen LogP contribution is 2.16. The van der Waals surface area contributed by atoms with Crippen LogP contribution < -0.4 is 5.32 Å². The van der Waals surface area contributed by atoms with Crippen LogP contribution in [0.5, 0.6) is 0 Å². The maximum atomic E-state index is 3.63. The SMILES string of the molecule is CSCCN(C)CC1NCCCC1C. The Morgan fingerprint density at radius 3 is 2.93 bits per heavy atom. The molecule has 1 heterocycles. The molecule has 0 radical (unpaired) electrons. The summed E-state index contributed by atoms with van der Waals surface area (Å²) in [6, 6.07) is 0.718. The molecule has 2 nitrogen and oxygen atoms in total. The van der Waals surface area contributed by atoms with Gasteiger partial charge in [-0.2, -0.15) is 11.8 Å². The molecule has 1 saturated heterocycles. The molecule has 0 amide bonds. The molecule has 1 aliphatic rings. The predicted molar refractivity (Wildman–Crippen MR) is 66.1 cm³/mol. The van der Waals surface area contributed by atoms with E-state index in [1.807, 2.05) is 11.8 Å². The van der Waals surface area contributed by atoms with E-state index in [1.54, 1.807) is 0 Å². The van der Waals surface area contributed by atoms with Crippen molar-refractivity contribution in [1.82, 2.24) is 10.2 Å². The van der Waals surface area contributed by atoms with Gasteiger partial charge in [-0.1, -0.05) is 6.92 Å². The lowest BCUT2D eigenvalue weighted by Crippen LogP contribution is -2.47. The average molecular weight is 216 g/mol. The summed E-state index contributed by atoms with van der Waals surface area (Å²) in [4.78, 5) is 2.45. The summed E-state index contributed by atoms with van der Waals surface area (Å²) in [7, 11) is 2.24. The first-order chi connectivity index (χ1) is 6.74. The molecule has 0 aromatic rings. The summed E-state index contributed by atoms with van der Waals surface area (Å²) in [5.74, 6) is 2.10. The van der Waals surface area contributed by atoms with Crippen molar-refractivity contribution in [1.29, 1.82) is 0 Å². The number of hydrogen-bond acceptors (Lipinski definition) is 3. The Morgan fingerprint density at radius 2 is 2.29 bits per heavy atom. The standard InChI is InChI=1S/C11H24N2S/c1-10-5-4-6-12-11(10)9-13(2)7-8-14-3/h10-12H,4-9H2,1-3H3. The summed E-state index contributed by atoms with van der Waals surface area (Å²) in [5, 5.41) is 3.63. The molecule has 2 atom stereocenters. The summed E-state index contributed by atoms with van der Waals surface area (Å²) in [6.07, 6.45) is 4.93. The third-order valence-electron chi connectivity index (χ3n) is 3.12. The molecule has 1 rings (SSSR count). The minimum atomic E-state index is 0.718. The lowest BCUT2D eigenvalue weighted by atomic mass is 9.92. The molecule has 84 valence electrons. The van der Waals surface area contributed by atoms with Gasteiger partial charge >= 0.3 is 0 Å². The molecule has 1 fully saturated rings. The van der Waals surface area contributed by atoms with Crippen LogP contribution in [0.2, 0.25) is 0 Å². The highest BCUT2D eigenvalue weighted by atomic mass is 32.2. The molecule has 0 spiro atoms. The fraction of sp³-hybridized carbons (Fsp3) is 1.00. The summed E-state index contributed by atoms with van der Waals surface area (Å²) >= 11 is 1.93. The van der Waals surface area contributed by atoms with E-state index in [9.17, 15) is 0 Å². The molecule has 3 heteroatoms. The first kappa shape index (κ1) is 12.3. The Labute approximate surface area is 92.8 Å². The quantitative estimate of drug-likeness (QED) is 0.752. The number of nitrogens with zero attached hydrogens (tertiary/aromatic N) is 1. The van der Waals surface area contributed by atoms with Crippen LogP contribution in [0.25, 0.3) is 0 Å². The van der Waals surface area contributed by atoms with Gasteiger partial charge in [-0.15, -0.1) is 0 Å². The fourth-order valence-electron chi connectivity index (χ4n) is 2.03. The Morgan fingerprint density at radius 1 is 1.50 bits per heavy atom. The first-order valence-corrected chi connectivity index (χ1v) is 7.04. The van der Waals surface area contributed by atoms with Gasteiger partial charge in [-0.05, 0) is 38.6 Å². The van der Waals surface area contributed by atoms with Crippen LogP contribution in [0, 0.1) is 5.92 Å². The molecule has 0 aromatic heterocycles. The van der Waals surface area contributed by atoms with Crippen LogP contribution >= 0.6 is 11.8 Å². The highest BCUT2D eigenvalue weighted by Gasteiger charge is 2.21. The van der Waals surface area contributed by atoms with Crippen molar-refractivity contribution in [2.24, 2.45) is 5.92 Å². The molecule has 14 heavy (non-hydrogen) atoms. The Balaban J connectivity index is 2.20. The second-order valence-corrected chi connectivity index (χ2v) is 5.42. The van der Waals surface area contributed by atoms with Crippen molar-refractivity contribution in [3.05, 3.63) is 0 Å². The van der Waals surface area contributed by atoms with Gasteiger partial charge in [0.1, 0.15) is 0 Å². The molecule has 1 aliphatic heterocycles. The average Bonchev–Trinajstić information content (AvgIpc) is 2.18. The topological polar surface area (TPSA) is 15.3 Å². The van der Waals surface area contributed by atoms with Gasteiger partial charge in [0.2, 0.25) is 0 Å². The predicted octanol–water partition coefficient (Wildman–Crippen LogP) is 1.67. The van der Waals surface area contributed by atoms with Crippen LogP contribution in [-0.2, 0) is 0 Å². The third kappa shape index (κ3) is 4.20. The van der Waals surface area contributed by atoms with E-state index in [2.05, 4.69) is 30.4 Å². The van der Waals surface area contributed by atoms with E-state index in [0.717, 1.165) is 12.0 Å². The first-order valence-electron chi connectivity index (χ1n) is 5.65. The lowest BCUT2D eigenvalue weighted by molar-refractivity contribution is 0.223. The smallest absolute Gasteiger partial charge is 0.0220 e. The van der Waals surface area contributed by atoms with Gasteiger partial charge in [0, 0.05) is 24.9 Å². The molecule has 0 aromatic carbocycles. The maximum absolute atomic E-state index is 3.63. The van der Waals surface area contributed by atoms with E-state index in [0.29, 0.717) is 0 Å². The molecule has 2 unspecified atom stereocenters. The van der Waals surface area contributed by atoms with Gasteiger partial charge in [-0.25, -0.2) is 0 Å². The van der Waals surface area contributed by atoms with Gasteiger partial charge in [0.05, 0.1) is 0 Å². The monoisotopic (exact) mass is 216 g/mol. The van der Waals surface area contributed by atoms with Crippen molar-refractivity contribution in [3.8, 4) is 0 Å². The van der Waals surface area contributed by atoms with E-state index in [1.165, 1.54) is 38.2 Å². The van der Waals surface area contributed by atoms with Crippen LogP contribution in [-0.4, -0.2) is 49.6 Å². The van der Waals surface area contributed by atoms with Gasteiger partial charge < -0.3 is 10.2 Å². The van der Waals surface area contributed by atoms with Gasteiger partial charge in [0.15, 0.2) is 0 Å². The number of likely N-dealkylation sites (N-methyl/N-ethyl adjacent to an activating group) is 1. The zero-order valence-electron chi connectivity index (χ0n) is 9.75. The van der Waals surface area contributed by atoms with Crippen LogP contribution in [0.15, 0.2) is 0 Å². The van der Waals surface area contributed by atoms with E-state index >= 15 is 0 Å². The molecule has 0 aliphatic carbocycles. The second kappa shape index (κ2) is 6.70. The van der Waals surface area contributed by atoms with Gasteiger partial charge in [-0.3, -0.25) is 0 Å². The van der Waals surface area contributed by atoms with Crippen LogP contribution in [0.3, 0.4) is 0 Å². The maximum Gasteiger partial charge on any atom is 0.0220 e. The summed E-state index contributed by atoms with van der Waals surface area (Å²) in [6.45, 7) is 6.01. The highest BCUT2D eigenvalue weighted by molar-refractivity contribution is 7.98. The Kier molecular flexibility index (Phi) is 5.90. The van der Waals surface area contributed by atoms with Crippen molar-refractivity contribution in [2.75, 3.05) is 38.7 Å². The number of nitrogens with one attached hydrogen (secondary N) is 1. The zero-order chi connectivity index (χ0) is 10.4. The third-order valence-corrected chi connectivity index (χ3v) is 3.71. The Hall–Kier alpha value is 0.270. The van der Waals surface area contributed by atoms with Crippen molar-refractivity contribution < 1.29 is 0 Å². The summed E-state index contributed by atoms with van der Waals surface area (Å²) < 4.78 is 0. The zero-order valence-corrected chi connectivity index (χ0v) is 10.6. The van der Waals surface area contributed by atoms with Crippen LogP contribution in [0.1, 0.15) is 19.8 Å². The second-order valence-electron chi connectivity index (χ2n) is 4.44. The van der Waals surface area contributed by atoms with Crippen molar-refractivity contribution >= 4 is 11.8 Å². The number of piperidine rings is 1. The Bertz CT molecular complexity index is 152. The van der Waals surface area contributed by atoms with Crippen LogP contribution in [0.4, 0.5) is 0 Å². The van der Waals surface area contributed by atoms with Crippen molar-refractivity contribution in [2.45, 2.75) is 25.8 Å². The number of rotatable bonds is 5. The molecular weight excluding hydrogens is 192 g/mol. The minimum absolute atomic E-state index is 0.718. The molecule has 0 saturated carbocycles. The lowest BCUT2D eigenvalue weighted by Gasteiger charge is -2.33. The largest absolute Gasteiger partial charge is 0.312 e. The summed E-state index contributed by atoms with van der Waals surface area (Å²) in [5.41, 5.74) is 0. The number of thioether (sulfide) groups is 1. The molecule has 1 N–H and O–H groups in total. The van der Waals surface area contributed by atoms with E-state index < -0.39 is 0 Å². The number of hydrogen-bond donors (Lipinski definition) is 1. The van der Waals surface area contributed by atoms with Crippen molar-refractivity contribution in [3.63, 3.8) is 0 Å². The van der Waals surface area contributed by atoms with E-state index in [-0.39, 0.29) is 0 Å². The minimum Gasteiger partial charge on any atom is -0.312 e. The fourth-order valence-corrected chi connectivity index (χ4v) is 2.53. The normalized spacial score (nSPS) is 28.3. The van der Waals surface area contributed by atoms with E-state index in [4.69, 9.17) is 0 Å². The van der Waals surface area contributed by atoms with Gasteiger partial charge in [0.25, 0.3) is 0 Å². The molecule has 0 bridgehead atoms. The molecular formula is C11H24N2S.